The van der Waals surface area contributed by atoms with Crippen molar-refractivity contribution in [2.75, 3.05) is 7.05 Å². The monoisotopic (exact) mass is 306 g/mol. The maximum Gasteiger partial charge on any atom is 0.254 e. The maximum atomic E-state index is 12.6. The van der Waals surface area contributed by atoms with Crippen LogP contribution in [0.25, 0.3) is 22.1 Å². The van der Waals surface area contributed by atoms with Crippen molar-refractivity contribution in [2.24, 2.45) is 0 Å². The van der Waals surface area contributed by atoms with Crippen molar-refractivity contribution in [3.05, 3.63) is 66.2 Å². The third-order valence-corrected chi connectivity index (χ3v) is 3.76. The van der Waals surface area contributed by atoms with E-state index in [0.29, 0.717) is 18.0 Å². The van der Waals surface area contributed by atoms with Crippen LogP contribution in [0.4, 0.5) is 0 Å². The number of carbonyl (C=O) groups excluding carboxylic acids is 1. The van der Waals surface area contributed by atoms with Gasteiger partial charge in [-0.05, 0) is 36.4 Å². The Morgan fingerprint density at radius 2 is 2.00 bits per heavy atom. The predicted octanol–water partition coefficient (Wildman–Crippen LogP) is 3.85. The molecular formula is C18H14N2O3. The molecule has 0 aliphatic heterocycles. The van der Waals surface area contributed by atoms with E-state index in [1.807, 2.05) is 36.4 Å². The number of rotatable bonds is 3. The second-order valence-corrected chi connectivity index (χ2v) is 5.41. The molecule has 114 valence electrons. The molecule has 0 unspecified atom stereocenters. The van der Waals surface area contributed by atoms with E-state index in [0.717, 1.165) is 22.1 Å². The molecule has 0 aliphatic rings. The number of hydrogen-bond acceptors (Lipinski definition) is 4. The van der Waals surface area contributed by atoms with E-state index < -0.39 is 0 Å². The molecule has 0 aliphatic carbocycles. The molecule has 0 fully saturated rings. The number of fused-ring (bicyclic) bond motifs is 2. The van der Waals surface area contributed by atoms with Crippen molar-refractivity contribution in [1.29, 1.82) is 0 Å². The third-order valence-electron chi connectivity index (χ3n) is 3.76. The topological polar surface area (TPSA) is 59.5 Å². The molecule has 0 radical (unpaired) electrons. The minimum atomic E-state index is -0.0876. The zero-order chi connectivity index (χ0) is 15.8. The normalized spacial score (nSPS) is 11.2. The predicted molar refractivity (Wildman–Crippen MR) is 86.0 cm³/mol. The van der Waals surface area contributed by atoms with Crippen LogP contribution >= 0.6 is 0 Å². The van der Waals surface area contributed by atoms with Crippen molar-refractivity contribution in [3.63, 3.8) is 0 Å². The van der Waals surface area contributed by atoms with Crippen LogP contribution in [0, 0.1) is 0 Å². The summed E-state index contributed by atoms with van der Waals surface area (Å²) in [5, 5.41) is 0.908. The number of aromatic nitrogens is 1. The van der Waals surface area contributed by atoms with Crippen LogP contribution in [0.2, 0.25) is 0 Å². The van der Waals surface area contributed by atoms with Gasteiger partial charge in [0.1, 0.15) is 11.1 Å². The van der Waals surface area contributed by atoms with Gasteiger partial charge in [0, 0.05) is 18.0 Å². The van der Waals surface area contributed by atoms with Gasteiger partial charge in [-0.15, -0.1) is 0 Å². The molecule has 0 saturated carbocycles. The van der Waals surface area contributed by atoms with Gasteiger partial charge in [-0.1, -0.05) is 12.1 Å². The molecule has 0 atom stereocenters. The van der Waals surface area contributed by atoms with E-state index in [1.54, 1.807) is 30.3 Å². The summed E-state index contributed by atoms with van der Waals surface area (Å²) in [4.78, 5) is 18.5. The summed E-state index contributed by atoms with van der Waals surface area (Å²) in [6, 6.07) is 14.8. The fraction of sp³-hybridized carbons (Fsp3) is 0.111. The molecule has 5 nitrogen and oxygen atoms in total. The van der Waals surface area contributed by atoms with Gasteiger partial charge >= 0.3 is 0 Å². The molecule has 0 spiro atoms. The number of para-hydroxylation sites is 2. The average molecular weight is 306 g/mol. The molecule has 0 N–H and O–H groups in total. The summed E-state index contributed by atoms with van der Waals surface area (Å²) >= 11 is 0. The van der Waals surface area contributed by atoms with E-state index in [9.17, 15) is 4.79 Å². The number of carbonyl (C=O) groups is 1. The third kappa shape index (κ3) is 2.46. The van der Waals surface area contributed by atoms with Crippen molar-refractivity contribution >= 4 is 28.0 Å². The standard InChI is InChI=1S/C18H14N2O3/c1-20(11-17-19-14-4-2-3-5-16(14)23-17)18(21)13-6-7-15-12(10-13)8-9-22-15/h2-10H,11H2,1H3. The van der Waals surface area contributed by atoms with E-state index in [2.05, 4.69) is 4.98 Å². The summed E-state index contributed by atoms with van der Waals surface area (Å²) in [6.07, 6.45) is 1.61. The molecule has 0 saturated heterocycles. The lowest BCUT2D eigenvalue weighted by atomic mass is 10.1. The molecular weight excluding hydrogens is 292 g/mol. The van der Waals surface area contributed by atoms with Crippen LogP contribution in [-0.4, -0.2) is 22.8 Å². The number of hydrogen-bond donors (Lipinski definition) is 0. The lowest BCUT2D eigenvalue weighted by Crippen LogP contribution is -2.26. The zero-order valence-electron chi connectivity index (χ0n) is 12.5. The van der Waals surface area contributed by atoms with Crippen LogP contribution in [0.3, 0.4) is 0 Å². The molecule has 23 heavy (non-hydrogen) atoms. The molecule has 5 heteroatoms. The van der Waals surface area contributed by atoms with Crippen LogP contribution in [0.15, 0.2) is 63.6 Å². The Kier molecular flexibility index (Phi) is 3.12. The Morgan fingerprint density at radius 1 is 1.13 bits per heavy atom. The largest absolute Gasteiger partial charge is 0.464 e. The van der Waals surface area contributed by atoms with Gasteiger partial charge in [0.25, 0.3) is 5.91 Å². The molecule has 4 rings (SSSR count). The first-order chi connectivity index (χ1) is 11.2. The van der Waals surface area contributed by atoms with Crippen LogP contribution in [-0.2, 0) is 6.54 Å². The molecule has 4 aromatic rings. The van der Waals surface area contributed by atoms with Gasteiger partial charge in [-0.2, -0.15) is 0 Å². The second kappa shape index (κ2) is 5.28. The van der Waals surface area contributed by atoms with Crippen LogP contribution in [0.5, 0.6) is 0 Å². The Morgan fingerprint density at radius 3 is 2.87 bits per heavy atom. The van der Waals surface area contributed by atoms with Gasteiger partial charge in [-0.3, -0.25) is 4.79 Å². The number of nitrogens with zero attached hydrogens (tertiary/aromatic N) is 2. The van der Waals surface area contributed by atoms with Crippen LogP contribution < -0.4 is 0 Å². The fourth-order valence-electron chi connectivity index (χ4n) is 2.58. The van der Waals surface area contributed by atoms with Crippen molar-refractivity contribution < 1.29 is 13.6 Å². The number of furan rings is 1. The van der Waals surface area contributed by atoms with E-state index >= 15 is 0 Å². The molecule has 2 aromatic carbocycles. The second-order valence-electron chi connectivity index (χ2n) is 5.41. The highest BCUT2D eigenvalue weighted by Crippen LogP contribution is 2.19. The first-order valence-electron chi connectivity index (χ1n) is 7.28. The van der Waals surface area contributed by atoms with E-state index in [4.69, 9.17) is 8.83 Å². The minimum Gasteiger partial charge on any atom is -0.464 e. The molecule has 0 bridgehead atoms. The van der Waals surface area contributed by atoms with E-state index in [1.165, 1.54) is 0 Å². The van der Waals surface area contributed by atoms with Gasteiger partial charge in [-0.25, -0.2) is 4.98 Å². The molecule has 2 heterocycles. The van der Waals surface area contributed by atoms with Gasteiger partial charge in [0.2, 0.25) is 5.89 Å². The van der Waals surface area contributed by atoms with Gasteiger partial charge in [0.05, 0.1) is 12.8 Å². The maximum absolute atomic E-state index is 12.6. The summed E-state index contributed by atoms with van der Waals surface area (Å²) in [6.45, 7) is 0.316. The minimum absolute atomic E-state index is 0.0876. The first-order valence-corrected chi connectivity index (χ1v) is 7.28. The molecule has 2 aromatic heterocycles. The average Bonchev–Trinajstić information content (AvgIpc) is 3.18. The Bertz CT molecular complexity index is 967. The Balaban J connectivity index is 1.57. The Labute approximate surface area is 132 Å². The van der Waals surface area contributed by atoms with Gasteiger partial charge in [0.15, 0.2) is 5.58 Å². The zero-order valence-corrected chi connectivity index (χ0v) is 12.5. The summed E-state index contributed by atoms with van der Waals surface area (Å²) < 4.78 is 11.0. The van der Waals surface area contributed by atoms with Crippen molar-refractivity contribution in [3.8, 4) is 0 Å². The lowest BCUT2D eigenvalue weighted by Gasteiger charge is -2.15. The summed E-state index contributed by atoms with van der Waals surface area (Å²) in [5.74, 6) is 0.432. The highest BCUT2D eigenvalue weighted by molar-refractivity contribution is 5.97. The number of benzene rings is 2. The van der Waals surface area contributed by atoms with Gasteiger partial charge < -0.3 is 13.7 Å². The lowest BCUT2D eigenvalue weighted by molar-refractivity contribution is 0.0774. The fourth-order valence-corrected chi connectivity index (χ4v) is 2.58. The SMILES string of the molecule is CN(Cc1nc2ccccc2o1)C(=O)c1ccc2occc2c1. The van der Waals surface area contributed by atoms with Crippen molar-refractivity contribution in [1.82, 2.24) is 9.88 Å². The highest BCUT2D eigenvalue weighted by Gasteiger charge is 2.16. The summed E-state index contributed by atoms with van der Waals surface area (Å²) in [7, 11) is 1.73. The Hall–Kier alpha value is -3.08. The summed E-state index contributed by atoms with van der Waals surface area (Å²) in [5.41, 5.74) is 2.90. The quantitative estimate of drug-likeness (QED) is 0.577. The smallest absolute Gasteiger partial charge is 0.254 e. The van der Waals surface area contributed by atoms with E-state index in [-0.39, 0.29) is 5.91 Å². The highest BCUT2D eigenvalue weighted by atomic mass is 16.3. The first kappa shape index (κ1) is 13.6. The van der Waals surface area contributed by atoms with Crippen LogP contribution in [0.1, 0.15) is 16.2 Å². The molecule has 1 amide bonds. The number of amides is 1. The number of oxazole rings is 1. The van der Waals surface area contributed by atoms with Crippen molar-refractivity contribution in [2.45, 2.75) is 6.54 Å².